The second-order valence-electron chi connectivity index (χ2n) is 6.87. The lowest BCUT2D eigenvalue weighted by Crippen LogP contribution is -2.48. The molecule has 1 aromatic carbocycles. The average Bonchev–Trinajstić information content (AvgIpc) is 2.71. The summed E-state index contributed by atoms with van der Waals surface area (Å²) in [6, 6.07) is 16.6. The largest absolute Gasteiger partial charge is 0.338 e. The first-order valence-electron chi connectivity index (χ1n) is 9.34. The molecule has 136 valence electrons. The topological polar surface area (TPSA) is 36.4 Å². The van der Waals surface area contributed by atoms with Crippen LogP contribution in [0, 0.1) is 0 Å². The lowest BCUT2D eigenvalue weighted by molar-refractivity contribution is -0.127. The first-order chi connectivity index (χ1) is 12.7. The van der Waals surface area contributed by atoms with Crippen molar-refractivity contribution in [3.8, 4) is 0 Å². The van der Waals surface area contributed by atoms with Crippen LogP contribution in [0.25, 0.3) is 6.08 Å². The molecule has 0 radical (unpaired) electrons. The SMILES string of the molecule is CN(C(=O)/C=C/c1ccccn1)C1CCCN(CCc2ccccc2)C1. The molecular weight excluding hydrogens is 322 g/mol. The molecule has 1 saturated heterocycles. The fourth-order valence-corrected chi connectivity index (χ4v) is 3.41. The molecule has 1 unspecified atom stereocenters. The third kappa shape index (κ3) is 5.27. The molecule has 1 aromatic heterocycles. The number of pyridine rings is 1. The zero-order chi connectivity index (χ0) is 18.2. The molecule has 1 aliphatic rings. The van der Waals surface area contributed by atoms with Crippen LogP contribution in [0.4, 0.5) is 0 Å². The Labute approximate surface area is 156 Å². The van der Waals surface area contributed by atoms with Gasteiger partial charge < -0.3 is 9.80 Å². The van der Waals surface area contributed by atoms with Crippen molar-refractivity contribution in [3.05, 3.63) is 72.1 Å². The van der Waals surface area contributed by atoms with Crippen LogP contribution in [0.3, 0.4) is 0 Å². The molecule has 1 aliphatic heterocycles. The maximum atomic E-state index is 12.5. The van der Waals surface area contributed by atoms with E-state index in [2.05, 4.69) is 40.2 Å². The van der Waals surface area contributed by atoms with Crippen LogP contribution in [0.5, 0.6) is 0 Å². The van der Waals surface area contributed by atoms with Crippen molar-refractivity contribution in [2.45, 2.75) is 25.3 Å². The number of piperidine rings is 1. The molecule has 26 heavy (non-hydrogen) atoms. The molecule has 0 aliphatic carbocycles. The number of likely N-dealkylation sites (N-methyl/N-ethyl adjacent to an activating group) is 1. The van der Waals surface area contributed by atoms with Crippen LogP contribution in [-0.4, -0.2) is 53.4 Å². The minimum Gasteiger partial charge on any atom is -0.338 e. The van der Waals surface area contributed by atoms with Gasteiger partial charge in [0.25, 0.3) is 0 Å². The summed E-state index contributed by atoms with van der Waals surface area (Å²) in [6.07, 6.45) is 8.42. The predicted molar refractivity (Wildman–Crippen MR) is 106 cm³/mol. The number of benzene rings is 1. The predicted octanol–water partition coefficient (Wildman–Crippen LogP) is 3.26. The molecule has 2 heterocycles. The van der Waals surface area contributed by atoms with Crippen molar-refractivity contribution in [2.24, 2.45) is 0 Å². The van der Waals surface area contributed by atoms with Crippen LogP contribution < -0.4 is 0 Å². The normalized spacial score (nSPS) is 18.1. The van der Waals surface area contributed by atoms with Gasteiger partial charge in [0, 0.05) is 38.5 Å². The van der Waals surface area contributed by atoms with Gasteiger partial charge in [-0.25, -0.2) is 0 Å². The molecule has 3 rings (SSSR count). The third-order valence-electron chi connectivity index (χ3n) is 5.02. The Balaban J connectivity index is 1.51. The van der Waals surface area contributed by atoms with Gasteiger partial charge in [0.05, 0.1) is 5.69 Å². The number of likely N-dealkylation sites (tertiary alicyclic amines) is 1. The van der Waals surface area contributed by atoms with Gasteiger partial charge in [-0.05, 0) is 49.6 Å². The number of carbonyl (C=O) groups is 1. The second-order valence-corrected chi connectivity index (χ2v) is 6.87. The Bertz CT molecular complexity index is 715. The summed E-state index contributed by atoms with van der Waals surface area (Å²) >= 11 is 0. The fraction of sp³-hybridized carbons (Fsp3) is 0.364. The molecule has 1 amide bonds. The maximum absolute atomic E-state index is 12.5. The molecule has 0 saturated carbocycles. The van der Waals surface area contributed by atoms with Gasteiger partial charge in [-0.15, -0.1) is 0 Å². The third-order valence-corrected chi connectivity index (χ3v) is 5.02. The van der Waals surface area contributed by atoms with Crippen LogP contribution in [-0.2, 0) is 11.2 Å². The number of nitrogens with zero attached hydrogens (tertiary/aromatic N) is 3. The van der Waals surface area contributed by atoms with E-state index in [0.717, 1.165) is 44.6 Å². The highest BCUT2D eigenvalue weighted by atomic mass is 16.2. The molecule has 2 aromatic rings. The van der Waals surface area contributed by atoms with Gasteiger partial charge in [-0.1, -0.05) is 36.4 Å². The van der Waals surface area contributed by atoms with E-state index in [-0.39, 0.29) is 11.9 Å². The highest BCUT2D eigenvalue weighted by molar-refractivity contribution is 5.91. The number of carbonyl (C=O) groups excluding carboxylic acids is 1. The van der Waals surface area contributed by atoms with Crippen molar-refractivity contribution in [1.29, 1.82) is 0 Å². The quantitative estimate of drug-likeness (QED) is 0.751. The van der Waals surface area contributed by atoms with Crippen LogP contribution in [0.1, 0.15) is 24.1 Å². The Hall–Kier alpha value is -2.46. The van der Waals surface area contributed by atoms with Crippen molar-refractivity contribution < 1.29 is 4.79 Å². The molecule has 1 atom stereocenters. The Morgan fingerprint density at radius 3 is 2.81 bits per heavy atom. The summed E-state index contributed by atoms with van der Waals surface area (Å²) in [4.78, 5) is 21.1. The fourth-order valence-electron chi connectivity index (χ4n) is 3.41. The minimum absolute atomic E-state index is 0.0468. The van der Waals surface area contributed by atoms with Crippen molar-refractivity contribution >= 4 is 12.0 Å². The molecule has 0 spiro atoms. The van der Waals surface area contributed by atoms with Crippen molar-refractivity contribution in [2.75, 3.05) is 26.7 Å². The van der Waals surface area contributed by atoms with Gasteiger partial charge in [0.2, 0.25) is 5.91 Å². The highest BCUT2D eigenvalue weighted by Crippen LogP contribution is 2.16. The molecule has 4 nitrogen and oxygen atoms in total. The monoisotopic (exact) mass is 349 g/mol. The molecular formula is C22H27N3O. The molecule has 1 fully saturated rings. The lowest BCUT2D eigenvalue weighted by Gasteiger charge is -2.37. The molecule has 4 heteroatoms. The number of hydrogen-bond donors (Lipinski definition) is 0. The summed E-state index contributed by atoms with van der Waals surface area (Å²) in [5.41, 5.74) is 2.18. The first kappa shape index (κ1) is 18.3. The van der Waals surface area contributed by atoms with Gasteiger partial charge in [0.1, 0.15) is 0 Å². The van der Waals surface area contributed by atoms with Crippen LogP contribution in [0.2, 0.25) is 0 Å². The standard InChI is InChI=1S/C22H27N3O/c1-24(22(26)13-12-20-10-5-6-15-23-20)21-11-7-16-25(18-21)17-14-19-8-3-2-4-9-19/h2-6,8-10,12-13,15,21H,7,11,14,16-18H2,1H3/b13-12+. The highest BCUT2D eigenvalue weighted by Gasteiger charge is 2.24. The van der Waals surface area contributed by atoms with Crippen molar-refractivity contribution in [3.63, 3.8) is 0 Å². The zero-order valence-electron chi connectivity index (χ0n) is 15.4. The number of hydrogen-bond acceptors (Lipinski definition) is 3. The average molecular weight is 349 g/mol. The number of amides is 1. The Kier molecular flexibility index (Phi) is 6.56. The summed E-state index contributed by atoms with van der Waals surface area (Å²) in [7, 11) is 1.91. The maximum Gasteiger partial charge on any atom is 0.246 e. The van der Waals surface area contributed by atoms with E-state index < -0.39 is 0 Å². The van der Waals surface area contributed by atoms with E-state index >= 15 is 0 Å². The van der Waals surface area contributed by atoms with Gasteiger partial charge in [0.15, 0.2) is 0 Å². The summed E-state index contributed by atoms with van der Waals surface area (Å²) < 4.78 is 0. The van der Waals surface area contributed by atoms with E-state index in [1.807, 2.05) is 30.1 Å². The van der Waals surface area contributed by atoms with Crippen LogP contribution >= 0.6 is 0 Å². The van der Waals surface area contributed by atoms with Crippen LogP contribution in [0.15, 0.2) is 60.8 Å². The first-order valence-corrected chi connectivity index (χ1v) is 9.34. The molecule has 0 N–H and O–H groups in total. The van der Waals surface area contributed by atoms with E-state index in [0.29, 0.717) is 0 Å². The second kappa shape index (κ2) is 9.30. The summed E-state index contributed by atoms with van der Waals surface area (Å²) in [5.74, 6) is 0.0468. The van der Waals surface area contributed by atoms with Gasteiger partial charge in [-0.3, -0.25) is 9.78 Å². The number of rotatable bonds is 6. The Morgan fingerprint density at radius 1 is 1.23 bits per heavy atom. The lowest BCUT2D eigenvalue weighted by atomic mass is 10.0. The Morgan fingerprint density at radius 2 is 2.04 bits per heavy atom. The van der Waals surface area contributed by atoms with E-state index in [4.69, 9.17) is 0 Å². The molecule has 0 bridgehead atoms. The van der Waals surface area contributed by atoms with E-state index in [1.54, 1.807) is 18.3 Å². The minimum atomic E-state index is 0.0468. The van der Waals surface area contributed by atoms with E-state index in [9.17, 15) is 4.79 Å². The summed E-state index contributed by atoms with van der Waals surface area (Å²) in [6.45, 7) is 3.12. The number of aromatic nitrogens is 1. The summed E-state index contributed by atoms with van der Waals surface area (Å²) in [5, 5.41) is 0. The van der Waals surface area contributed by atoms with Crippen molar-refractivity contribution in [1.82, 2.24) is 14.8 Å². The van der Waals surface area contributed by atoms with Gasteiger partial charge in [-0.2, -0.15) is 0 Å². The van der Waals surface area contributed by atoms with Gasteiger partial charge >= 0.3 is 0 Å². The van der Waals surface area contributed by atoms with E-state index in [1.165, 1.54) is 5.56 Å². The zero-order valence-corrected chi connectivity index (χ0v) is 15.4. The smallest absolute Gasteiger partial charge is 0.246 e.